The van der Waals surface area contributed by atoms with E-state index < -0.39 is 0 Å². The summed E-state index contributed by atoms with van der Waals surface area (Å²) in [5, 5.41) is 0. The number of piperidine rings is 1. The van der Waals surface area contributed by atoms with Crippen LogP contribution >= 0.6 is 0 Å². The van der Waals surface area contributed by atoms with Gasteiger partial charge in [0, 0.05) is 25.5 Å². The van der Waals surface area contributed by atoms with E-state index in [1.807, 2.05) is 10.8 Å². The SMILES string of the molecule is Nc1c(N2CCC(Cc3ccccc3)CC2)ncnc1-n1ccnc1. The van der Waals surface area contributed by atoms with Crippen molar-refractivity contribution in [2.75, 3.05) is 23.7 Å². The molecule has 0 bridgehead atoms. The van der Waals surface area contributed by atoms with Gasteiger partial charge in [-0.2, -0.15) is 0 Å². The molecule has 3 aromatic rings. The second-order valence-corrected chi connectivity index (χ2v) is 6.52. The molecule has 6 heteroatoms. The molecule has 0 aliphatic carbocycles. The number of benzene rings is 1. The summed E-state index contributed by atoms with van der Waals surface area (Å²) >= 11 is 0. The molecule has 6 nitrogen and oxygen atoms in total. The summed E-state index contributed by atoms with van der Waals surface area (Å²) in [5.74, 6) is 2.24. The maximum absolute atomic E-state index is 6.35. The van der Waals surface area contributed by atoms with Crippen LogP contribution in [0, 0.1) is 5.92 Å². The number of hydrogen-bond donors (Lipinski definition) is 1. The first-order valence-electron chi connectivity index (χ1n) is 8.69. The van der Waals surface area contributed by atoms with Crippen LogP contribution in [0.1, 0.15) is 18.4 Å². The van der Waals surface area contributed by atoms with Gasteiger partial charge in [0.25, 0.3) is 0 Å². The van der Waals surface area contributed by atoms with Crippen LogP contribution in [0.15, 0.2) is 55.4 Å². The molecule has 0 amide bonds. The Morgan fingerprint density at radius 1 is 1.04 bits per heavy atom. The van der Waals surface area contributed by atoms with Crippen molar-refractivity contribution in [2.45, 2.75) is 19.3 Å². The normalized spacial score (nSPS) is 15.4. The van der Waals surface area contributed by atoms with Crippen LogP contribution in [0.4, 0.5) is 11.5 Å². The van der Waals surface area contributed by atoms with E-state index in [0.717, 1.165) is 44.1 Å². The lowest BCUT2D eigenvalue weighted by molar-refractivity contribution is 0.402. The molecule has 25 heavy (non-hydrogen) atoms. The zero-order valence-electron chi connectivity index (χ0n) is 14.1. The Hall–Kier alpha value is -2.89. The standard InChI is InChI=1S/C19H22N6/c20-17-18(22-13-23-19(17)25-11-8-21-14-25)24-9-6-16(7-10-24)12-15-4-2-1-3-5-15/h1-5,8,11,13-14,16H,6-7,9-10,12,20H2. The van der Waals surface area contributed by atoms with Crippen molar-refractivity contribution >= 4 is 11.5 Å². The molecular weight excluding hydrogens is 312 g/mol. The number of nitrogen functional groups attached to an aromatic ring is 1. The van der Waals surface area contributed by atoms with Crippen molar-refractivity contribution in [3.63, 3.8) is 0 Å². The maximum atomic E-state index is 6.35. The van der Waals surface area contributed by atoms with Gasteiger partial charge in [-0.25, -0.2) is 15.0 Å². The predicted octanol–water partition coefficient (Wildman–Crippen LogP) is 2.70. The van der Waals surface area contributed by atoms with Gasteiger partial charge in [-0.05, 0) is 30.7 Å². The Labute approximate surface area is 147 Å². The average molecular weight is 334 g/mol. The molecule has 0 unspecified atom stereocenters. The lowest BCUT2D eigenvalue weighted by atomic mass is 9.90. The molecule has 3 heterocycles. The number of anilines is 2. The molecule has 2 aromatic heterocycles. The second-order valence-electron chi connectivity index (χ2n) is 6.52. The zero-order chi connectivity index (χ0) is 17.1. The first-order valence-corrected chi connectivity index (χ1v) is 8.69. The van der Waals surface area contributed by atoms with E-state index in [9.17, 15) is 0 Å². The minimum absolute atomic E-state index is 0.613. The molecule has 0 radical (unpaired) electrons. The Bertz CT molecular complexity index is 807. The van der Waals surface area contributed by atoms with Crippen LogP contribution in [0.3, 0.4) is 0 Å². The number of nitrogens with two attached hydrogens (primary N) is 1. The third-order valence-corrected chi connectivity index (χ3v) is 4.87. The zero-order valence-corrected chi connectivity index (χ0v) is 14.1. The summed E-state index contributed by atoms with van der Waals surface area (Å²) in [6.07, 6.45) is 10.3. The molecule has 0 spiro atoms. The average Bonchev–Trinajstić information content (AvgIpc) is 3.18. The number of nitrogens with zero attached hydrogens (tertiary/aromatic N) is 5. The molecule has 0 saturated carbocycles. The van der Waals surface area contributed by atoms with Gasteiger partial charge in [0.2, 0.25) is 0 Å². The molecule has 2 N–H and O–H groups in total. The van der Waals surface area contributed by atoms with Crippen LogP contribution in [-0.2, 0) is 6.42 Å². The summed E-state index contributed by atoms with van der Waals surface area (Å²) in [7, 11) is 0. The van der Waals surface area contributed by atoms with Crippen LogP contribution in [0.25, 0.3) is 5.82 Å². The highest BCUT2D eigenvalue weighted by molar-refractivity contribution is 5.70. The third kappa shape index (κ3) is 3.33. The van der Waals surface area contributed by atoms with E-state index in [-0.39, 0.29) is 0 Å². The molecule has 0 atom stereocenters. The summed E-state index contributed by atoms with van der Waals surface area (Å²) in [6.45, 7) is 1.95. The van der Waals surface area contributed by atoms with E-state index in [4.69, 9.17) is 5.73 Å². The van der Waals surface area contributed by atoms with Crippen LogP contribution in [0.2, 0.25) is 0 Å². The topological polar surface area (TPSA) is 72.9 Å². The fourth-order valence-corrected chi connectivity index (χ4v) is 3.52. The number of aromatic nitrogens is 4. The molecule has 1 aliphatic heterocycles. The van der Waals surface area contributed by atoms with E-state index in [1.54, 1.807) is 18.9 Å². The minimum atomic E-state index is 0.613. The van der Waals surface area contributed by atoms with Gasteiger partial charge in [0.15, 0.2) is 11.6 Å². The van der Waals surface area contributed by atoms with Crippen molar-refractivity contribution in [1.82, 2.24) is 19.5 Å². The van der Waals surface area contributed by atoms with Crippen molar-refractivity contribution < 1.29 is 0 Å². The quantitative estimate of drug-likeness (QED) is 0.794. The first kappa shape index (κ1) is 15.6. The van der Waals surface area contributed by atoms with Crippen molar-refractivity contribution in [3.05, 3.63) is 60.9 Å². The predicted molar refractivity (Wildman–Crippen MR) is 98.6 cm³/mol. The van der Waals surface area contributed by atoms with E-state index >= 15 is 0 Å². The van der Waals surface area contributed by atoms with Crippen molar-refractivity contribution in [1.29, 1.82) is 0 Å². The summed E-state index contributed by atoms with van der Waals surface area (Å²) < 4.78 is 1.82. The van der Waals surface area contributed by atoms with Gasteiger partial charge in [0.1, 0.15) is 18.3 Å². The van der Waals surface area contributed by atoms with Gasteiger partial charge < -0.3 is 10.6 Å². The molecule has 4 rings (SSSR count). The third-order valence-electron chi connectivity index (χ3n) is 4.87. The Morgan fingerprint density at radius 3 is 2.52 bits per heavy atom. The lowest BCUT2D eigenvalue weighted by Crippen LogP contribution is -2.35. The Kier molecular flexibility index (Phi) is 4.33. The summed E-state index contributed by atoms with van der Waals surface area (Å²) in [6, 6.07) is 10.7. The fraction of sp³-hybridized carbons (Fsp3) is 0.316. The largest absolute Gasteiger partial charge is 0.393 e. The minimum Gasteiger partial charge on any atom is -0.393 e. The number of imidazole rings is 1. The molecule has 1 saturated heterocycles. The molecule has 1 aliphatic rings. The highest BCUT2D eigenvalue weighted by atomic mass is 15.2. The van der Waals surface area contributed by atoms with E-state index in [2.05, 4.69) is 50.2 Å². The molecule has 1 aromatic carbocycles. The second kappa shape index (κ2) is 6.93. The monoisotopic (exact) mass is 334 g/mol. The maximum Gasteiger partial charge on any atom is 0.166 e. The van der Waals surface area contributed by atoms with Gasteiger partial charge in [0.05, 0.1) is 0 Å². The van der Waals surface area contributed by atoms with Crippen LogP contribution in [-0.4, -0.2) is 32.6 Å². The molecule has 128 valence electrons. The van der Waals surface area contributed by atoms with Crippen molar-refractivity contribution in [2.24, 2.45) is 5.92 Å². The lowest BCUT2D eigenvalue weighted by Gasteiger charge is -2.33. The van der Waals surface area contributed by atoms with Gasteiger partial charge in [-0.1, -0.05) is 30.3 Å². The van der Waals surface area contributed by atoms with Crippen molar-refractivity contribution in [3.8, 4) is 5.82 Å². The number of hydrogen-bond acceptors (Lipinski definition) is 5. The van der Waals surface area contributed by atoms with Crippen LogP contribution in [0.5, 0.6) is 0 Å². The summed E-state index contributed by atoms with van der Waals surface area (Å²) in [4.78, 5) is 15.1. The van der Waals surface area contributed by atoms with E-state index in [1.165, 1.54) is 5.56 Å². The Morgan fingerprint density at radius 2 is 1.80 bits per heavy atom. The highest BCUT2D eigenvalue weighted by Crippen LogP contribution is 2.30. The van der Waals surface area contributed by atoms with Crippen LogP contribution < -0.4 is 10.6 Å². The molecule has 1 fully saturated rings. The fourth-order valence-electron chi connectivity index (χ4n) is 3.52. The highest BCUT2D eigenvalue weighted by Gasteiger charge is 2.23. The number of rotatable bonds is 4. The van der Waals surface area contributed by atoms with Gasteiger partial charge in [-0.3, -0.25) is 4.57 Å². The van der Waals surface area contributed by atoms with E-state index in [0.29, 0.717) is 11.5 Å². The smallest absolute Gasteiger partial charge is 0.166 e. The Balaban J connectivity index is 1.45. The van der Waals surface area contributed by atoms with Gasteiger partial charge >= 0.3 is 0 Å². The molecular formula is C19H22N6. The summed E-state index contributed by atoms with van der Waals surface area (Å²) in [5.41, 5.74) is 8.38. The van der Waals surface area contributed by atoms with Gasteiger partial charge in [-0.15, -0.1) is 0 Å². The first-order chi connectivity index (χ1) is 12.3.